The molecule has 11 heteroatoms. The Labute approximate surface area is 236 Å². The Hall–Kier alpha value is -5.03. The highest BCUT2D eigenvalue weighted by Crippen LogP contribution is 2.47. The van der Waals surface area contributed by atoms with Crippen LogP contribution >= 0.6 is 0 Å². The number of nitrogens with one attached hydrogen (secondary N) is 1. The van der Waals surface area contributed by atoms with Gasteiger partial charge in [-0.05, 0) is 35.9 Å². The second kappa shape index (κ2) is 10.9. The fourth-order valence-corrected chi connectivity index (χ4v) is 6.30. The van der Waals surface area contributed by atoms with Crippen molar-refractivity contribution < 1.29 is 37.0 Å². The van der Waals surface area contributed by atoms with Gasteiger partial charge < -0.3 is 23.9 Å². The standard InChI is InChI=1S/C30H26N2O8S/c1-37-24-14-18(15-25(38-2)29(24)39-3)26-27(22(17-33)31-28(26)30(34)40-4)21-16-32(23-13-9-8-12-20(21)23)41(35,36)19-10-6-5-7-11-19/h5-17,31H,1-4H3. The molecule has 3 aromatic carbocycles. The molecule has 1 N–H and O–H groups in total. The van der Waals surface area contributed by atoms with Gasteiger partial charge in [0.25, 0.3) is 10.0 Å². The molecule has 0 aliphatic heterocycles. The lowest BCUT2D eigenvalue weighted by Crippen LogP contribution is -2.11. The van der Waals surface area contributed by atoms with Crippen molar-refractivity contribution in [3.05, 3.63) is 84.3 Å². The van der Waals surface area contributed by atoms with E-state index in [2.05, 4.69) is 4.98 Å². The second-order valence-electron chi connectivity index (χ2n) is 8.86. The number of rotatable bonds is 9. The van der Waals surface area contributed by atoms with Crippen LogP contribution in [0.3, 0.4) is 0 Å². The zero-order valence-corrected chi connectivity index (χ0v) is 23.4. The predicted octanol–water partition coefficient (Wildman–Crippen LogP) is 5.17. The van der Waals surface area contributed by atoms with E-state index in [0.29, 0.717) is 56.7 Å². The summed E-state index contributed by atoms with van der Waals surface area (Å²) in [4.78, 5) is 28.4. The number of aromatic amines is 1. The van der Waals surface area contributed by atoms with Gasteiger partial charge in [-0.15, -0.1) is 0 Å². The topological polar surface area (TPSA) is 126 Å². The van der Waals surface area contributed by atoms with Crippen LogP contribution in [0.4, 0.5) is 0 Å². The Kier molecular flexibility index (Phi) is 7.29. The molecule has 0 aliphatic carbocycles. The van der Waals surface area contributed by atoms with Gasteiger partial charge in [0.2, 0.25) is 5.75 Å². The molecule has 0 amide bonds. The van der Waals surface area contributed by atoms with E-state index in [0.717, 1.165) is 0 Å². The largest absolute Gasteiger partial charge is 0.493 e. The lowest BCUT2D eigenvalue weighted by Gasteiger charge is -2.15. The van der Waals surface area contributed by atoms with Crippen molar-refractivity contribution in [2.75, 3.05) is 28.4 Å². The molecular formula is C30H26N2O8S. The summed E-state index contributed by atoms with van der Waals surface area (Å²) in [5.74, 6) is 0.221. The Morgan fingerprint density at radius 2 is 1.49 bits per heavy atom. The van der Waals surface area contributed by atoms with E-state index in [1.54, 1.807) is 54.6 Å². The number of ether oxygens (including phenoxy) is 4. The summed E-state index contributed by atoms with van der Waals surface area (Å²) in [5.41, 5.74) is 1.85. The van der Waals surface area contributed by atoms with E-state index in [9.17, 15) is 18.0 Å². The first-order chi connectivity index (χ1) is 19.8. The molecule has 0 spiro atoms. The van der Waals surface area contributed by atoms with E-state index >= 15 is 0 Å². The molecule has 0 bridgehead atoms. The summed E-state index contributed by atoms with van der Waals surface area (Å²) < 4.78 is 50.2. The van der Waals surface area contributed by atoms with Gasteiger partial charge in [0, 0.05) is 28.3 Å². The number of aromatic nitrogens is 2. The monoisotopic (exact) mass is 574 g/mol. The third-order valence-corrected chi connectivity index (χ3v) is 8.43. The predicted molar refractivity (Wildman–Crippen MR) is 153 cm³/mol. The van der Waals surface area contributed by atoms with E-state index in [1.165, 1.54) is 50.7 Å². The molecule has 5 rings (SSSR count). The van der Waals surface area contributed by atoms with Crippen molar-refractivity contribution in [3.8, 4) is 39.5 Å². The quantitative estimate of drug-likeness (QED) is 0.189. The minimum Gasteiger partial charge on any atom is -0.493 e. The molecule has 5 aromatic rings. The number of para-hydroxylation sites is 1. The third kappa shape index (κ3) is 4.49. The van der Waals surface area contributed by atoms with Gasteiger partial charge in [0.15, 0.2) is 17.8 Å². The first kappa shape index (κ1) is 27.5. The molecule has 41 heavy (non-hydrogen) atoms. The Bertz CT molecular complexity index is 1860. The van der Waals surface area contributed by atoms with Crippen LogP contribution in [0.1, 0.15) is 21.0 Å². The van der Waals surface area contributed by atoms with Gasteiger partial charge in [-0.2, -0.15) is 0 Å². The van der Waals surface area contributed by atoms with Crippen molar-refractivity contribution in [2.45, 2.75) is 4.90 Å². The maximum atomic E-state index is 13.8. The van der Waals surface area contributed by atoms with Crippen LogP contribution in [0.2, 0.25) is 0 Å². The highest BCUT2D eigenvalue weighted by Gasteiger charge is 2.30. The highest BCUT2D eigenvalue weighted by molar-refractivity contribution is 7.90. The lowest BCUT2D eigenvalue weighted by molar-refractivity contribution is 0.0595. The average Bonchev–Trinajstić information content (AvgIpc) is 3.59. The third-order valence-electron chi connectivity index (χ3n) is 6.74. The first-order valence-electron chi connectivity index (χ1n) is 12.3. The molecular weight excluding hydrogens is 548 g/mol. The number of fused-ring (bicyclic) bond motifs is 1. The van der Waals surface area contributed by atoms with Gasteiger partial charge in [0.05, 0.1) is 44.5 Å². The van der Waals surface area contributed by atoms with E-state index < -0.39 is 16.0 Å². The number of nitrogens with zero attached hydrogens (tertiary/aromatic N) is 1. The number of carbonyl (C=O) groups excluding carboxylic acids is 2. The summed E-state index contributed by atoms with van der Waals surface area (Å²) in [5, 5.41) is 0.541. The van der Waals surface area contributed by atoms with Crippen LogP contribution in [0.25, 0.3) is 33.2 Å². The van der Waals surface area contributed by atoms with E-state index in [-0.39, 0.29) is 16.3 Å². The van der Waals surface area contributed by atoms with Crippen LogP contribution in [-0.2, 0) is 14.8 Å². The summed E-state index contributed by atoms with van der Waals surface area (Å²) in [6, 6.07) is 18.2. The molecule has 0 aliphatic rings. The minimum atomic E-state index is -4.02. The molecule has 0 atom stereocenters. The van der Waals surface area contributed by atoms with Gasteiger partial charge in [-0.1, -0.05) is 36.4 Å². The van der Waals surface area contributed by atoms with Gasteiger partial charge in [0.1, 0.15) is 5.69 Å². The molecule has 10 nitrogen and oxygen atoms in total. The molecule has 2 heterocycles. The molecule has 2 aromatic heterocycles. The van der Waals surface area contributed by atoms with Gasteiger partial charge >= 0.3 is 5.97 Å². The number of esters is 1. The number of benzene rings is 3. The number of methoxy groups -OCH3 is 4. The van der Waals surface area contributed by atoms with E-state index in [4.69, 9.17) is 18.9 Å². The van der Waals surface area contributed by atoms with Crippen LogP contribution in [0.5, 0.6) is 17.2 Å². The van der Waals surface area contributed by atoms with Gasteiger partial charge in [-0.25, -0.2) is 17.2 Å². The Balaban J connectivity index is 1.90. The molecule has 210 valence electrons. The average molecular weight is 575 g/mol. The number of carbonyl (C=O) groups is 2. The smallest absolute Gasteiger partial charge is 0.355 e. The van der Waals surface area contributed by atoms with Crippen molar-refractivity contribution >= 4 is 33.2 Å². The van der Waals surface area contributed by atoms with Gasteiger partial charge in [-0.3, -0.25) is 4.79 Å². The lowest BCUT2D eigenvalue weighted by atomic mass is 9.94. The zero-order chi connectivity index (χ0) is 29.3. The van der Waals surface area contributed by atoms with Crippen molar-refractivity contribution in [1.29, 1.82) is 0 Å². The summed E-state index contributed by atoms with van der Waals surface area (Å²) in [6.45, 7) is 0. The summed E-state index contributed by atoms with van der Waals surface area (Å²) >= 11 is 0. The second-order valence-corrected chi connectivity index (χ2v) is 10.7. The van der Waals surface area contributed by atoms with Crippen LogP contribution in [0, 0.1) is 0 Å². The first-order valence-corrected chi connectivity index (χ1v) is 13.8. The maximum Gasteiger partial charge on any atom is 0.355 e. The van der Waals surface area contributed by atoms with E-state index in [1.807, 2.05) is 0 Å². The number of H-pyrrole nitrogens is 1. The Morgan fingerprint density at radius 3 is 2.07 bits per heavy atom. The molecule has 0 radical (unpaired) electrons. The number of hydrogen-bond donors (Lipinski definition) is 1. The van der Waals surface area contributed by atoms with Crippen molar-refractivity contribution in [2.24, 2.45) is 0 Å². The summed E-state index contributed by atoms with van der Waals surface area (Å²) in [6.07, 6.45) is 2.02. The molecule has 0 unspecified atom stereocenters. The Morgan fingerprint density at radius 1 is 0.854 bits per heavy atom. The number of hydrogen-bond acceptors (Lipinski definition) is 8. The molecule has 0 saturated carbocycles. The fourth-order valence-electron chi connectivity index (χ4n) is 4.91. The zero-order valence-electron chi connectivity index (χ0n) is 22.6. The minimum absolute atomic E-state index is 0.0124. The van der Waals surface area contributed by atoms with Crippen molar-refractivity contribution in [1.82, 2.24) is 8.96 Å². The maximum absolute atomic E-state index is 13.8. The number of aldehydes is 1. The normalized spacial score (nSPS) is 11.3. The van der Waals surface area contributed by atoms with Crippen LogP contribution in [0.15, 0.2) is 77.8 Å². The fraction of sp³-hybridized carbons (Fsp3) is 0.133. The highest BCUT2D eigenvalue weighted by atomic mass is 32.2. The summed E-state index contributed by atoms with van der Waals surface area (Å²) in [7, 11) is 1.58. The SMILES string of the molecule is COC(=O)c1[nH]c(C=O)c(-c2cn(S(=O)(=O)c3ccccc3)c3ccccc23)c1-c1cc(OC)c(OC)c(OC)c1. The van der Waals surface area contributed by atoms with Crippen LogP contribution < -0.4 is 14.2 Å². The van der Waals surface area contributed by atoms with Crippen molar-refractivity contribution in [3.63, 3.8) is 0 Å². The van der Waals surface area contributed by atoms with Crippen LogP contribution in [-0.4, -0.2) is 58.1 Å². The molecule has 0 fully saturated rings. The molecule has 0 saturated heterocycles.